The summed E-state index contributed by atoms with van der Waals surface area (Å²) in [5.74, 6) is 1.41. The van der Waals surface area contributed by atoms with Crippen LogP contribution in [0.4, 0.5) is 0 Å². The molecule has 0 saturated carbocycles. The minimum Gasteiger partial charge on any atom is -0.369 e. The third-order valence-electron chi connectivity index (χ3n) is 5.99. The number of aliphatic imine (C=N–C) groups is 1. The smallest absolute Gasteiger partial charge is 0.220 e. The first-order chi connectivity index (χ1) is 14.5. The van der Waals surface area contributed by atoms with E-state index in [1.54, 1.807) is 0 Å². The molecule has 1 saturated heterocycles. The first-order valence-electron chi connectivity index (χ1n) is 11.5. The van der Waals surface area contributed by atoms with Crippen molar-refractivity contribution >= 4 is 35.8 Å². The summed E-state index contributed by atoms with van der Waals surface area (Å²) in [6.07, 6.45) is 6.24. The number of guanidine groups is 1. The fourth-order valence-corrected chi connectivity index (χ4v) is 3.90. The number of hydrogen-bond acceptors (Lipinski definition) is 3. The highest BCUT2D eigenvalue weighted by atomic mass is 127. The average Bonchev–Trinajstić information content (AvgIpc) is 2.75. The second-order valence-corrected chi connectivity index (χ2v) is 8.65. The molecular weight excluding hydrogens is 501 g/mol. The van der Waals surface area contributed by atoms with Crippen LogP contribution in [-0.4, -0.2) is 56.5 Å². The molecule has 31 heavy (non-hydrogen) atoms. The number of hydrogen-bond donors (Lipinski definition) is 3. The number of nitrogens with one attached hydrogen (secondary N) is 2. The van der Waals surface area contributed by atoms with E-state index < -0.39 is 0 Å². The zero-order valence-corrected chi connectivity index (χ0v) is 21.9. The molecule has 1 aliphatic heterocycles. The fraction of sp³-hybridized carbons (Fsp3) is 0.667. The van der Waals surface area contributed by atoms with E-state index >= 15 is 0 Å². The van der Waals surface area contributed by atoms with Crippen LogP contribution in [0.5, 0.6) is 0 Å². The Morgan fingerprint density at radius 3 is 2.26 bits per heavy atom. The Morgan fingerprint density at radius 2 is 1.71 bits per heavy atom. The van der Waals surface area contributed by atoms with Gasteiger partial charge in [-0.25, -0.2) is 0 Å². The summed E-state index contributed by atoms with van der Waals surface area (Å²) in [7, 11) is 1.82. The number of nitrogens with zero attached hydrogens (tertiary/aromatic N) is 2. The molecule has 2 rings (SSSR count). The molecule has 0 unspecified atom stereocenters. The van der Waals surface area contributed by atoms with Crippen LogP contribution >= 0.6 is 24.0 Å². The second kappa shape index (κ2) is 15.5. The Morgan fingerprint density at radius 1 is 1.10 bits per heavy atom. The van der Waals surface area contributed by atoms with Crippen LogP contribution in [0.3, 0.4) is 0 Å². The SMILES string of the molecule is CN=C(NCCCCN1CCC(C(N)=O)CC1)NCCCc1ccc(C(C)C)cc1.I. The molecular formula is C24H42IN5O. The van der Waals surface area contributed by atoms with Crippen molar-refractivity contribution in [2.24, 2.45) is 16.6 Å². The molecule has 0 radical (unpaired) electrons. The quantitative estimate of drug-likeness (QED) is 0.173. The Balaban J connectivity index is 0.00000480. The zero-order chi connectivity index (χ0) is 21.8. The number of likely N-dealkylation sites (tertiary alicyclic amines) is 1. The van der Waals surface area contributed by atoms with E-state index in [0.29, 0.717) is 5.92 Å². The highest BCUT2D eigenvalue weighted by molar-refractivity contribution is 14.0. The topological polar surface area (TPSA) is 82.8 Å². The highest BCUT2D eigenvalue weighted by Crippen LogP contribution is 2.17. The van der Waals surface area contributed by atoms with Gasteiger partial charge >= 0.3 is 0 Å². The number of aryl methyl sites for hydroxylation is 1. The Hall–Kier alpha value is -1.35. The molecule has 1 aromatic rings. The monoisotopic (exact) mass is 543 g/mol. The van der Waals surface area contributed by atoms with Crippen LogP contribution in [0.25, 0.3) is 0 Å². The second-order valence-electron chi connectivity index (χ2n) is 8.65. The van der Waals surface area contributed by atoms with Gasteiger partial charge in [-0.15, -0.1) is 24.0 Å². The normalized spacial score (nSPS) is 15.5. The minimum atomic E-state index is -0.137. The van der Waals surface area contributed by atoms with Crippen LogP contribution < -0.4 is 16.4 Å². The Kier molecular flexibility index (Phi) is 13.8. The van der Waals surface area contributed by atoms with Gasteiger partial charge in [-0.2, -0.15) is 0 Å². The van der Waals surface area contributed by atoms with E-state index in [-0.39, 0.29) is 35.8 Å². The lowest BCUT2D eigenvalue weighted by Gasteiger charge is -2.30. The van der Waals surface area contributed by atoms with Crippen LogP contribution in [0.1, 0.15) is 63.0 Å². The lowest BCUT2D eigenvalue weighted by Crippen LogP contribution is -2.40. The number of amides is 1. The highest BCUT2D eigenvalue weighted by Gasteiger charge is 2.22. The van der Waals surface area contributed by atoms with Crippen molar-refractivity contribution in [2.45, 2.75) is 58.3 Å². The van der Waals surface area contributed by atoms with Gasteiger partial charge in [-0.05, 0) is 75.2 Å². The van der Waals surface area contributed by atoms with Crippen molar-refractivity contribution in [1.29, 1.82) is 0 Å². The summed E-state index contributed by atoms with van der Waals surface area (Å²) in [6, 6.07) is 8.99. The van der Waals surface area contributed by atoms with E-state index in [0.717, 1.165) is 77.2 Å². The number of carbonyl (C=O) groups is 1. The molecule has 6 nitrogen and oxygen atoms in total. The predicted molar refractivity (Wildman–Crippen MR) is 141 cm³/mol. The molecule has 4 N–H and O–H groups in total. The molecule has 1 fully saturated rings. The number of unbranched alkanes of at least 4 members (excludes halogenated alkanes) is 1. The maximum absolute atomic E-state index is 11.2. The number of benzene rings is 1. The maximum atomic E-state index is 11.2. The zero-order valence-electron chi connectivity index (χ0n) is 19.5. The third kappa shape index (κ3) is 10.7. The maximum Gasteiger partial charge on any atom is 0.220 e. The summed E-state index contributed by atoms with van der Waals surface area (Å²) >= 11 is 0. The Bertz CT molecular complexity index is 654. The fourth-order valence-electron chi connectivity index (χ4n) is 3.90. The van der Waals surface area contributed by atoms with E-state index in [4.69, 9.17) is 5.73 Å². The van der Waals surface area contributed by atoms with Gasteiger partial charge < -0.3 is 21.3 Å². The average molecular weight is 544 g/mol. The molecule has 7 heteroatoms. The summed E-state index contributed by atoms with van der Waals surface area (Å²) in [4.78, 5) is 18.0. The van der Waals surface area contributed by atoms with Crippen molar-refractivity contribution in [1.82, 2.24) is 15.5 Å². The molecule has 0 aromatic heterocycles. The third-order valence-corrected chi connectivity index (χ3v) is 5.99. The molecule has 1 aliphatic rings. The van der Waals surface area contributed by atoms with Gasteiger partial charge in [0.1, 0.15) is 0 Å². The van der Waals surface area contributed by atoms with Gasteiger partial charge in [0.15, 0.2) is 5.96 Å². The van der Waals surface area contributed by atoms with Crippen molar-refractivity contribution in [3.8, 4) is 0 Å². The number of halogens is 1. The molecule has 0 aliphatic carbocycles. The number of carbonyl (C=O) groups excluding carboxylic acids is 1. The largest absolute Gasteiger partial charge is 0.369 e. The van der Waals surface area contributed by atoms with Gasteiger partial charge in [0, 0.05) is 26.1 Å². The molecule has 1 heterocycles. The summed E-state index contributed by atoms with van der Waals surface area (Å²) in [6.45, 7) is 9.37. The van der Waals surface area contributed by atoms with E-state index in [1.165, 1.54) is 11.1 Å². The van der Waals surface area contributed by atoms with E-state index in [2.05, 4.69) is 58.6 Å². The van der Waals surface area contributed by atoms with E-state index in [9.17, 15) is 4.79 Å². The number of rotatable bonds is 11. The minimum absolute atomic E-state index is 0. The van der Waals surface area contributed by atoms with E-state index in [1.807, 2.05) is 7.05 Å². The van der Waals surface area contributed by atoms with Crippen LogP contribution in [0.2, 0.25) is 0 Å². The van der Waals surface area contributed by atoms with Gasteiger partial charge in [-0.3, -0.25) is 9.79 Å². The number of primary amides is 1. The first kappa shape index (κ1) is 27.7. The lowest BCUT2D eigenvalue weighted by atomic mass is 9.96. The predicted octanol–water partition coefficient (Wildman–Crippen LogP) is 3.50. The van der Waals surface area contributed by atoms with Gasteiger partial charge in [0.05, 0.1) is 0 Å². The molecule has 1 amide bonds. The van der Waals surface area contributed by atoms with Crippen molar-refractivity contribution < 1.29 is 4.79 Å². The molecule has 0 atom stereocenters. The standard InChI is InChI=1S/C24H41N5O.HI/c1-19(2)21-10-8-20(9-11-21)7-6-15-28-24(26-3)27-14-4-5-16-29-17-12-22(13-18-29)23(25)30;/h8-11,19,22H,4-7,12-18H2,1-3H3,(H2,25,30)(H2,26,27,28);1H. The summed E-state index contributed by atoms with van der Waals surface area (Å²) < 4.78 is 0. The molecule has 176 valence electrons. The van der Waals surface area contributed by atoms with Crippen LogP contribution in [0.15, 0.2) is 29.3 Å². The number of nitrogens with two attached hydrogens (primary N) is 1. The van der Waals surface area contributed by atoms with Crippen LogP contribution in [-0.2, 0) is 11.2 Å². The van der Waals surface area contributed by atoms with Gasteiger partial charge in [0.2, 0.25) is 5.91 Å². The molecule has 1 aromatic carbocycles. The van der Waals surface area contributed by atoms with Crippen molar-refractivity contribution in [3.05, 3.63) is 35.4 Å². The number of piperidine rings is 1. The lowest BCUT2D eigenvalue weighted by molar-refractivity contribution is -0.123. The molecule has 0 spiro atoms. The first-order valence-corrected chi connectivity index (χ1v) is 11.5. The summed E-state index contributed by atoms with van der Waals surface area (Å²) in [5, 5.41) is 6.82. The Labute approximate surface area is 205 Å². The van der Waals surface area contributed by atoms with Gasteiger partial charge in [-0.1, -0.05) is 38.1 Å². The van der Waals surface area contributed by atoms with Crippen molar-refractivity contribution in [2.75, 3.05) is 39.8 Å². The van der Waals surface area contributed by atoms with Crippen molar-refractivity contribution in [3.63, 3.8) is 0 Å². The van der Waals surface area contributed by atoms with Crippen LogP contribution in [0, 0.1) is 5.92 Å². The summed E-state index contributed by atoms with van der Waals surface area (Å²) in [5.41, 5.74) is 8.19. The van der Waals surface area contributed by atoms with Gasteiger partial charge in [0.25, 0.3) is 0 Å². The molecule has 0 bridgehead atoms.